The third-order valence-corrected chi connectivity index (χ3v) is 13.7. The molecule has 0 rings (SSSR count). The second-order valence-corrected chi connectivity index (χ2v) is 24.0. The summed E-state index contributed by atoms with van der Waals surface area (Å²) in [6.45, 7) is -4.64. The van der Waals surface area contributed by atoms with Crippen LogP contribution in [0.25, 0.3) is 0 Å². The van der Waals surface area contributed by atoms with Gasteiger partial charge in [-0.1, -0.05) is 0 Å². The Morgan fingerprint density at radius 2 is 0.488 bits per heavy atom. The van der Waals surface area contributed by atoms with Crippen molar-refractivity contribution in [2.24, 2.45) is 34.4 Å². The van der Waals surface area contributed by atoms with Crippen LogP contribution in [0.4, 0.5) is 0 Å². The van der Waals surface area contributed by atoms with Gasteiger partial charge in [0.15, 0.2) is 0 Å². The molecule has 44 heteroatoms. The molecule has 86 heavy (non-hydrogen) atoms. The van der Waals surface area contributed by atoms with Gasteiger partial charge in [0.05, 0.1) is 26.4 Å². The molecule has 0 aliphatic rings. The van der Waals surface area contributed by atoms with Crippen molar-refractivity contribution in [3.8, 4) is 0 Å². The van der Waals surface area contributed by atoms with Crippen LogP contribution in [0, 0.1) is 0 Å². The summed E-state index contributed by atoms with van der Waals surface area (Å²) < 4.78 is 64.6. The van der Waals surface area contributed by atoms with E-state index in [-0.39, 0.29) is 110 Å². The fourth-order valence-electron chi connectivity index (χ4n) is 7.30. The topological polar surface area (TPSA) is 693 Å². The number of rotatable bonds is 49. The van der Waals surface area contributed by atoms with Gasteiger partial charge in [0.25, 0.3) is 0 Å². The molecule has 0 saturated heterocycles. The molecule has 29 N–H and O–H groups in total. The molecule has 0 aliphatic carbocycles. The Kier molecular flexibility index (Phi) is 40.1. The van der Waals surface area contributed by atoms with Crippen molar-refractivity contribution in [3.63, 3.8) is 0 Å². The van der Waals surface area contributed by atoms with Crippen LogP contribution in [0.5, 0.6) is 0 Å². The van der Waals surface area contributed by atoms with Crippen LogP contribution in [-0.2, 0) is 79.5 Å². The zero-order valence-electron chi connectivity index (χ0n) is 46.9. The molecule has 0 aromatic heterocycles. The molecule has 40 nitrogen and oxygen atoms in total. The molecule has 0 spiro atoms. The Balaban J connectivity index is 7.26. The quantitative estimate of drug-likeness (QED) is 0.0199. The first-order chi connectivity index (χ1) is 40.0. The van der Waals surface area contributed by atoms with Crippen LogP contribution >= 0.6 is 31.3 Å². The molecule has 0 bridgehead atoms. The maximum atomic E-state index is 14.2. The molecule has 0 aliphatic heterocycles. The van der Waals surface area contributed by atoms with Gasteiger partial charge in [-0.05, 0) is 129 Å². The van der Waals surface area contributed by atoms with Crippen LogP contribution < -0.4 is 76.9 Å². The summed E-state index contributed by atoms with van der Waals surface area (Å²) in [5.74, 6) is -11.8. The molecular weight excluding hydrogens is 1240 g/mol. The monoisotopic (exact) mass is 1330 g/mol. The van der Waals surface area contributed by atoms with Crippen LogP contribution in [0.3, 0.4) is 0 Å². The molecule has 0 aromatic carbocycles. The van der Waals surface area contributed by atoms with E-state index in [9.17, 15) is 95.9 Å². The number of amides is 8. The summed E-state index contributed by atoms with van der Waals surface area (Å²) in [4.78, 5) is 198. The molecule has 0 saturated carbocycles. The number of nitrogens with one attached hydrogen (secondary N) is 8. The lowest BCUT2D eigenvalue weighted by atomic mass is 10.0. The Hall–Kier alpha value is -4.57. The molecule has 0 radical (unpaired) electrons. The van der Waals surface area contributed by atoms with Crippen LogP contribution in [0.1, 0.15) is 96.3 Å². The average molecular weight is 1330 g/mol. The van der Waals surface area contributed by atoms with Crippen molar-refractivity contribution in [2.45, 2.75) is 151 Å². The van der Waals surface area contributed by atoms with Gasteiger partial charge in [0, 0.05) is 0 Å². The van der Waals surface area contributed by atoms with Gasteiger partial charge >= 0.3 is 37.3 Å². The summed E-state index contributed by atoms with van der Waals surface area (Å²) in [7, 11) is -21.6. The lowest BCUT2D eigenvalue weighted by molar-refractivity contribution is -0.142. The number of hydrogen-bond acceptors (Lipinski definition) is 23. The van der Waals surface area contributed by atoms with Crippen LogP contribution in [-0.4, -0.2) is 211 Å². The molecule has 500 valence electrons. The van der Waals surface area contributed by atoms with E-state index in [2.05, 4.69) is 60.6 Å². The highest BCUT2D eigenvalue weighted by molar-refractivity contribution is 7.47. The Bertz CT molecular complexity index is 2350. The highest BCUT2D eigenvalue weighted by atomic mass is 31.2. The van der Waals surface area contributed by atoms with Crippen molar-refractivity contribution in [1.82, 2.24) is 42.5 Å². The maximum Gasteiger partial charge on any atom is 0.469 e. The van der Waals surface area contributed by atoms with Crippen molar-refractivity contribution in [3.05, 3.63) is 0 Å². The SMILES string of the molecule is NCCCC[C@H](NC(=O)[C@H](CCCCN)NC(=O)[C@H](COP(=O)(O)O)NC(=O)[C@H](CCCCN)NC(=O)[C@H](COP(=O)(O)O)NC(=O)[C@H](CCCCN)NC(=O)[C@H](COP(=O)(O)O)NC(=O)[C@H](CCCCN)NC(=O)[C@@H](N)COP(=O)(O)O)C(=O)O. The highest BCUT2D eigenvalue weighted by Crippen LogP contribution is 2.37. The first kappa shape index (κ1) is 81.4. The number of aliphatic carboxylic acids is 1. The number of carboxylic acids is 1. The highest BCUT2D eigenvalue weighted by Gasteiger charge is 2.37. The zero-order chi connectivity index (χ0) is 65.8. The molecule has 0 heterocycles. The van der Waals surface area contributed by atoms with Crippen molar-refractivity contribution in [1.29, 1.82) is 0 Å². The zero-order valence-corrected chi connectivity index (χ0v) is 50.5. The number of unbranched alkanes of at least 4 members (excludes halogenated alkanes) is 5. The van der Waals surface area contributed by atoms with Gasteiger partial charge in [-0.2, -0.15) is 0 Å². The third-order valence-electron chi connectivity index (χ3n) is 11.8. The van der Waals surface area contributed by atoms with Gasteiger partial charge in [-0.3, -0.25) is 56.5 Å². The lowest BCUT2D eigenvalue weighted by Crippen LogP contribution is -2.61. The van der Waals surface area contributed by atoms with E-state index >= 15 is 0 Å². The van der Waals surface area contributed by atoms with E-state index in [0.717, 1.165) is 0 Å². The van der Waals surface area contributed by atoms with Crippen molar-refractivity contribution in [2.75, 3.05) is 59.2 Å². The molecule has 9 atom stereocenters. The van der Waals surface area contributed by atoms with E-state index in [4.69, 9.17) is 44.2 Å². The number of phosphoric acid groups is 4. The third kappa shape index (κ3) is 38.7. The number of hydrogen-bond donors (Lipinski definition) is 23. The predicted molar refractivity (Wildman–Crippen MR) is 298 cm³/mol. The number of carbonyl (C=O) groups excluding carboxylic acids is 8. The molecule has 0 unspecified atom stereocenters. The van der Waals surface area contributed by atoms with E-state index in [1.165, 1.54) is 0 Å². The smallest absolute Gasteiger partial charge is 0.469 e. The first-order valence-electron chi connectivity index (χ1n) is 26.7. The average Bonchev–Trinajstić information content (AvgIpc) is 3.13. The number of nitrogens with two attached hydrogens (primary N) is 6. The minimum atomic E-state index is -5.53. The lowest BCUT2D eigenvalue weighted by Gasteiger charge is -2.28. The van der Waals surface area contributed by atoms with Gasteiger partial charge in [0.1, 0.15) is 54.4 Å². The minimum Gasteiger partial charge on any atom is -0.480 e. The van der Waals surface area contributed by atoms with Crippen LogP contribution in [0.2, 0.25) is 0 Å². The number of carbonyl (C=O) groups is 9. The summed E-state index contributed by atoms with van der Waals surface area (Å²) >= 11 is 0. The fraction of sp³-hybridized carbons (Fsp3) is 0.786. The summed E-state index contributed by atoms with van der Waals surface area (Å²) in [6, 6.07) is -16.7. The van der Waals surface area contributed by atoms with Crippen molar-refractivity contribution < 1.29 is 124 Å². The Labute approximate surface area is 493 Å². The maximum absolute atomic E-state index is 14.2. The number of phosphoric ester groups is 4. The Morgan fingerprint density at radius 3 is 0.709 bits per heavy atom. The van der Waals surface area contributed by atoms with Gasteiger partial charge < -0.3 is 121 Å². The molecule has 0 fully saturated rings. The summed E-state index contributed by atoms with van der Waals surface area (Å²) in [6.07, 6.45) is 0.561. The van der Waals surface area contributed by atoms with E-state index in [0.29, 0.717) is 12.8 Å². The summed E-state index contributed by atoms with van der Waals surface area (Å²) in [5, 5.41) is 27.3. The fourth-order valence-corrected chi connectivity index (χ4v) is 8.68. The normalized spacial score (nSPS) is 15.2. The minimum absolute atomic E-state index is 0.0000554. The van der Waals surface area contributed by atoms with E-state index in [1.54, 1.807) is 0 Å². The first-order valence-corrected chi connectivity index (χ1v) is 32.9. The largest absolute Gasteiger partial charge is 0.480 e. The molecular formula is C42H86N14O26P4. The molecule has 8 amide bonds. The van der Waals surface area contributed by atoms with E-state index < -0.39 is 172 Å². The van der Waals surface area contributed by atoms with Crippen molar-refractivity contribution >= 4 is 84.5 Å². The van der Waals surface area contributed by atoms with Gasteiger partial charge in [0.2, 0.25) is 47.3 Å². The second kappa shape index (κ2) is 42.4. The van der Waals surface area contributed by atoms with Gasteiger partial charge in [-0.15, -0.1) is 0 Å². The predicted octanol–water partition coefficient (Wildman–Crippen LogP) is -7.64. The van der Waals surface area contributed by atoms with Crippen LogP contribution in [0.15, 0.2) is 0 Å². The van der Waals surface area contributed by atoms with E-state index in [1.807, 2.05) is 0 Å². The number of carboxylic acid groups (broad SMARTS) is 1. The summed E-state index contributed by atoms with van der Waals surface area (Å²) in [5.41, 5.74) is 33.6. The second-order valence-electron chi connectivity index (χ2n) is 19.0. The Morgan fingerprint density at radius 1 is 0.302 bits per heavy atom. The van der Waals surface area contributed by atoms with Gasteiger partial charge in [-0.25, -0.2) is 23.1 Å². The standard InChI is InChI=1S/C42H86N14O26P4/c43-16-6-1-11-26(49-34(57)25(48)21-79-83(67,68)69)36(59)54-31(22-80-84(70,71)72)40(63)51-28(13-3-8-18-45)38(61)56-33(24-82-86(76,77)78)41(64)52-29(14-4-9-19-46)37(60)55-32(23-81-85(73,74)75)39(62)50-27(12-2-7-17-44)35(58)53-30(42(65)66)15-5-10-20-47/h25-33H,1-24,43-48H2,(H,49,57)(H,50,62)(H,51,63)(H,52,64)(H,53,58)(H,54,59)(H,55,60)(H,56,61)(H,65,66)(H2,67,68,69)(H2,70,71,72)(H2,73,74,75)(H2,76,77,78)/t25-,26-,27-,28-,29-,30-,31-,32-,33-/m0/s1. The molecule has 0 aromatic rings.